The molecule has 0 unspecified atom stereocenters. The number of benzene rings is 2. The number of nitrogens with zero attached hydrogens (tertiary/aromatic N) is 6. The zero-order valence-corrected chi connectivity index (χ0v) is 24.2. The number of carbonyl (C=O) groups is 1. The molecule has 2 heterocycles. The summed E-state index contributed by atoms with van der Waals surface area (Å²) in [7, 11) is 7.39. The topological polar surface area (TPSA) is 108 Å². The van der Waals surface area contributed by atoms with Crippen LogP contribution in [0.2, 0.25) is 0 Å². The largest absolute Gasteiger partial charge is 0.494 e. The first kappa shape index (κ1) is 30.4. The maximum Gasteiger partial charge on any atom is 0.416 e. The van der Waals surface area contributed by atoms with Crippen LogP contribution < -0.4 is 20.3 Å². The molecule has 0 saturated carbocycles. The lowest BCUT2D eigenvalue weighted by molar-refractivity contribution is -0.137. The van der Waals surface area contributed by atoms with Crippen LogP contribution in [0.4, 0.5) is 36.2 Å². The highest BCUT2D eigenvalue weighted by atomic mass is 32.1. The third-order valence-corrected chi connectivity index (χ3v) is 7.03. The Morgan fingerprint density at radius 3 is 2.52 bits per heavy atom. The average Bonchev–Trinajstić information content (AvgIpc) is 3.46. The maximum atomic E-state index is 13.2. The van der Waals surface area contributed by atoms with Gasteiger partial charge in [-0.1, -0.05) is 30.0 Å². The Balaban J connectivity index is 1.63. The molecule has 4 rings (SSSR count). The minimum Gasteiger partial charge on any atom is -0.494 e. The molecule has 220 valence electrons. The minimum atomic E-state index is -4.47. The Morgan fingerprint density at radius 2 is 1.83 bits per heavy atom. The van der Waals surface area contributed by atoms with Crippen molar-refractivity contribution in [3.63, 3.8) is 0 Å². The van der Waals surface area contributed by atoms with Crippen molar-refractivity contribution in [1.82, 2.24) is 25.1 Å². The lowest BCUT2D eigenvalue weighted by Gasteiger charge is -2.26. The van der Waals surface area contributed by atoms with Gasteiger partial charge in [-0.3, -0.25) is 4.79 Å². The Labute approximate surface area is 244 Å². The second-order valence-electron chi connectivity index (χ2n) is 9.37. The molecule has 0 spiro atoms. The highest BCUT2D eigenvalue weighted by Gasteiger charge is 2.30. The van der Waals surface area contributed by atoms with E-state index in [1.807, 2.05) is 26.0 Å². The first-order valence-electron chi connectivity index (χ1n) is 12.6. The Hall–Kier alpha value is -4.56. The van der Waals surface area contributed by atoms with Gasteiger partial charge in [-0.05, 0) is 44.4 Å². The Bertz CT molecular complexity index is 1570. The second-order valence-corrected chi connectivity index (χ2v) is 10.3. The van der Waals surface area contributed by atoms with Gasteiger partial charge in [0.25, 0.3) is 0 Å². The number of ether oxygens (including phenoxy) is 1. The average molecular weight is 599 g/mol. The minimum absolute atomic E-state index is 0.205. The van der Waals surface area contributed by atoms with Gasteiger partial charge in [0, 0.05) is 38.0 Å². The lowest BCUT2D eigenvalue weighted by atomic mass is 10.1. The van der Waals surface area contributed by atoms with Crippen LogP contribution in [-0.2, 0) is 11.0 Å². The number of hydrogen-bond acceptors (Lipinski definition) is 10. The smallest absolute Gasteiger partial charge is 0.416 e. The van der Waals surface area contributed by atoms with E-state index in [0.29, 0.717) is 44.9 Å². The molecule has 0 aliphatic heterocycles. The molecule has 0 radical (unpaired) electrons. The maximum absolute atomic E-state index is 13.2. The molecule has 2 aromatic carbocycles. The molecular weight excluding hydrogens is 569 g/mol. The molecule has 14 heteroatoms. The van der Waals surface area contributed by atoms with Crippen LogP contribution in [0.15, 0.2) is 61.3 Å². The van der Waals surface area contributed by atoms with Crippen molar-refractivity contribution in [2.24, 2.45) is 0 Å². The fourth-order valence-electron chi connectivity index (χ4n) is 3.84. The molecule has 0 saturated heterocycles. The number of likely N-dealkylation sites (N-methyl/N-ethyl adjacent to an activating group) is 2. The van der Waals surface area contributed by atoms with E-state index in [1.165, 1.54) is 25.4 Å². The van der Waals surface area contributed by atoms with Crippen LogP contribution in [0.3, 0.4) is 0 Å². The quantitative estimate of drug-likeness (QED) is 0.215. The molecule has 0 aliphatic carbocycles. The molecule has 1 amide bonds. The number of halogens is 3. The first-order valence-corrected chi connectivity index (χ1v) is 13.4. The van der Waals surface area contributed by atoms with Crippen molar-refractivity contribution < 1.29 is 22.7 Å². The lowest BCUT2D eigenvalue weighted by Crippen LogP contribution is -2.29. The van der Waals surface area contributed by atoms with E-state index < -0.39 is 11.7 Å². The normalized spacial score (nSPS) is 11.3. The van der Waals surface area contributed by atoms with Gasteiger partial charge in [-0.25, -0.2) is 9.97 Å². The van der Waals surface area contributed by atoms with E-state index in [4.69, 9.17) is 4.74 Å². The predicted octanol–water partition coefficient (Wildman–Crippen LogP) is 5.56. The number of rotatable bonds is 11. The zero-order valence-electron chi connectivity index (χ0n) is 23.4. The SMILES string of the molecule is C=CC(=O)Nc1cc(Nc2nccc(-c3nnc(-c4cccc(C(F)(F)F)c4)s3)n2)c(OC)cc1N(C)CCN(C)C. The van der Waals surface area contributed by atoms with Gasteiger partial charge in [0.05, 0.1) is 29.7 Å². The third kappa shape index (κ3) is 7.39. The fourth-order valence-corrected chi connectivity index (χ4v) is 4.65. The van der Waals surface area contributed by atoms with Gasteiger partial charge in [-0.15, -0.1) is 10.2 Å². The molecule has 0 atom stereocenters. The van der Waals surface area contributed by atoms with Crippen LogP contribution in [0.1, 0.15) is 5.56 Å². The fraction of sp³-hybridized carbons (Fsp3) is 0.250. The van der Waals surface area contributed by atoms with E-state index in [1.54, 1.807) is 24.3 Å². The molecule has 42 heavy (non-hydrogen) atoms. The summed E-state index contributed by atoms with van der Waals surface area (Å²) in [4.78, 5) is 25.1. The molecule has 0 fully saturated rings. The van der Waals surface area contributed by atoms with Crippen molar-refractivity contribution in [3.8, 4) is 27.0 Å². The van der Waals surface area contributed by atoms with Crippen LogP contribution in [0.5, 0.6) is 5.75 Å². The highest BCUT2D eigenvalue weighted by molar-refractivity contribution is 7.17. The number of aromatic nitrogens is 4. The first-order chi connectivity index (χ1) is 20.0. The number of alkyl halides is 3. The summed E-state index contributed by atoms with van der Waals surface area (Å²) in [6, 6.07) is 10.1. The van der Waals surface area contributed by atoms with Crippen LogP contribution in [0, 0.1) is 0 Å². The Morgan fingerprint density at radius 1 is 1.07 bits per heavy atom. The summed E-state index contributed by atoms with van der Waals surface area (Å²) in [5.41, 5.74) is 1.70. The number of amides is 1. The summed E-state index contributed by atoms with van der Waals surface area (Å²) in [5.74, 6) is 0.311. The van der Waals surface area contributed by atoms with E-state index in [0.717, 1.165) is 35.7 Å². The predicted molar refractivity (Wildman–Crippen MR) is 158 cm³/mol. The van der Waals surface area contributed by atoms with Crippen molar-refractivity contribution in [2.75, 3.05) is 56.9 Å². The van der Waals surface area contributed by atoms with Gasteiger partial charge < -0.3 is 25.2 Å². The summed E-state index contributed by atoms with van der Waals surface area (Å²) in [5, 5.41) is 14.9. The van der Waals surface area contributed by atoms with Gasteiger partial charge >= 0.3 is 6.18 Å². The standard InChI is InChI=1S/C28H29F3N8O2S/c1-6-24(40)33-20-15-21(23(41-5)16-22(20)39(4)13-12-38(2)3)35-27-32-11-10-19(34-27)26-37-36-25(42-26)17-8-7-9-18(14-17)28(29,30)31/h6-11,14-16H,1,12-13H2,2-5H3,(H,33,40)(H,32,34,35). The van der Waals surface area contributed by atoms with Crippen molar-refractivity contribution in [1.29, 1.82) is 0 Å². The van der Waals surface area contributed by atoms with E-state index in [2.05, 4.69) is 42.3 Å². The number of hydrogen-bond donors (Lipinski definition) is 2. The van der Waals surface area contributed by atoms with Crippen molar-refractivity contribution in [3.05, 3.63) is 66.9 Å². The zero-order chi connectivity index (χ0) is 30.4. The third-order valence-electron chi connectivity index (χ3n) is 6.04. The Kier molecular flexibility index (Phi) is 9.38. The van der Waals surface area contributed by atoms with E-state index in [-0.39, 0.29) is 11.9 Å². The van der Waals surface area contributed by atoms with Gasteiger partial charge in [0.1, 0.15) is 16.5 Å². The molecule has 2 N–H and O–H groups in total. The molecule has 4 aromatic rings. The highest BCUT2D eigenvalue weighted by Crippen LogP contribution is 2.38. The number of carbonyl (C=O) groups excluding carboxylic acids is 1. The molecule has 0 aliphatic rings. The number of anilines is 4. The van der Waals surface area contributed by atoms with E-state index in [9.17, 15) is 18.0 Å². The van der Waals surface area contributed by atoms with Crippen LogP contribution >= 0.6 is 11.3 Å². The molecule has 10 nitrogen and oxygen atoms in total. The number of methoxy groups -OCH3 is 1. The van der Waals surface area contributed by atoms with Crippen molar-refractivity contribution >= 4 is 40.3 Å². The van der Waals surface area contributed by atoms with Crippen LogP contribution in [0.25, 0.3) is 21.3 Å². The molecular formula is C28H29F3N8O2S. The summed E-state index contributed by atoms with van der Waals surface area (Å²) in [6.45, 7) is 5.01. The van der Waals surface area contributed by atoms with Gasteiger partial charge in [0.15, 0.2) is 5.01 Å². The second kappa shape index (κ2) is 13.0. The summed E-state index contributed by atoms with van der Waals surface area (Å²) >= 11 is 1.11. The molecule has 2 aromatic heterocycles. The van der Waals surface area contributed by atoms with Crippen molar-refractivity contribution in [2.45, 2.75) is 6.18 Å². The monoisotopic (exact) mass is 598 g/mol. The molecule has 0 bridgehead atoms. The summed E-state index contributed by atoms with van der Waals surface area (Å²) < 4.78 is 45.1. The van der Waals surface area contributed by atoms with E-state index >= 15 is 0 Å². The van der Waals surface area contributed by atoms with Gasteiger partial charge in [0.2, 0.25) is 11.9 Å². The number of nitrogens with one attached hydrogen (secondary N) is 2. The van der Waals surface area contributed by atoms with Gasteiger partial charge in [-0.2, -0.15) is 13.2 Å². The van der Waals surface area contributed by atoms with Crippen LogP contribution in [-0.4, -0.2) is 72.3 Å². The summed E-state index contributed by atoms with van der Waals surface area (Å²) in [6.07, 6.45) is -1.76.